The lowest BCUT2D eigenvalue weighted by molar-refractivity contribution is 0.670. The van der Waals surface area contributed by atoms with Crippen molar-refractivity contribution >= 4 is 22.9 Å². The standard InChI is InChI=1S/C27H35N7/c1-6-9-16-33(17-10-7-2)24-15-14-23(20(5)28-24)29-25-22(8-3)32-34-26(30-31-27(25)34)21-13-11-12-19(4)18-21/h11-15,18H,6-10,16-17H2,1-5H3. The number of fused-ring (bicyclic) bond motifs is 1. The normalized spacial score (nSPS) is 13.9. The molecule has 34 heavy (non-hydrogen) atoms. The first-order valence-corrected chi connectivity index (χ1v) is 12.5. The largest absolute Gasteiger partial charge is 0.357 e. The van der Waals surface area contributed by atoms with Crippen LogP contribution in [0, 0.1) is 13.8 Å². The third-order valence-electron chi connectivity index (χ3n) is 6.12. The molecule has 7 heteroatoms. The number of aliphatic imine (C=N–C) groups is 1. The first-order chi connectivity index (χ1) is 16.5. The number of rotatable bonds is 10. The molecule has 1 aromatic carbocycles. The van der Waals surface area contributed by atoms with Gasteiger partial charge in [-0.25, -0.2) is 9.98 Å². The van der Waals surface area contributed by atoms with Gasteiger partial charge in [0.15, 0.2) is 5.82 Å². The summed E-state index contributed by atoms with van der Waals surface area (Å²) in [4.78, 5) is 12.3. The van der Waals surface area contributed by atoms with Crippen molar-refractivity contribution in [1.82, 2.24) is 19.9 Å². The van der Waals surface area contributed by atoms with Crippen LogP contribution in [0.3, 0.4) is 0 Å². The van der Waals surface area contributed by atoms with E-state index >= 15 is 0 Å². The number of aromatic nitrogens is 4. The van der Waals surface area contributed by atoms with E-state index in [0.717, 1.165) is 59.5 Å². The summed E-state index contributed by atoms with van der Waals surface area (Å²) in [5.74, 6) is 2.45. The van der Waals surface area contributed by atoms with Crippen LogP contribution in [0.1, 0.15) is 70.0 Å². The van der Waals surface area contributed by atoms with Crippen molar-refractivity contribution in [1.29, 1.82) is 0 Å². The van der Waals surface area contributed by atoms with Gasteiger partial charge in [0.25, 0.3) is 0 Å². The molecular formula is C27H35N7. The molecule has 178 valence electrons. The average Bonchev–Trinajstić information content (AvgIpc) is 3.40. The van der Waals surface area contributed by atoms with Crippen molar-refractivity contribution in [3.63, 3.8) is 0 Å². The first-order valence-electron chi connectivity index (χ1n) is 12.5. The summed E-state index contributed by atoms with van der Waals surface area (Å²) in [7, 11) is 0. The van der Waals surface area contributed by atoms with Gasteiger partial charge in [-0.15, -0.1) is 10.2 Å². The van der Waals surface area contributed by atoms with Gasteiger partial charge in [-0.1, -0.05) is 57.4 Å². The highest BCUT2D eigenvalue weighted by atomic mass is 15.5. The number of nitrogens with zero attached hydrogens (tertiary/aromatic N) is 7. The van der Waals surface area contributed by atoms with Crippen molar-refractivity contribution in [2.45, 2.75) is 66.7 Å². The summed E-state index contributed by atoms with van der Waals surface area (Å²) in [5, 5.41) is 13.7. The Bertz CT molecular complexity index is 1200. The van der Waals surface area contributed by atoms with Gasteiger partial charge >= 0.3 is 0 Å². The molecule has 3 heterocycles. The molecule has 1 aliphatic heterocycles. The highest BCUT2D eigenvalue weighted by molar-refractivity contribution is 6.49. The third-order valence-corrected chi connectivity index (χ3v) is 6.12. The number of anilines is 1. The lowest BCUT2D eigenvalue weighted by Crippen LogP contribution is -2.26. The molecule has 0 fully saturated rings. The fraction of sp³-hybridized carbons (Fsp3) is 0.444. The second kappa shape index (κ2) is 10.7. The van der Waals surface area contributed by atoms with Crippen LogP contribution in [0.4, 0.5) is 11.5 Å². The molecule has 3 aromatic rings. The summed E-state index contributed by atoms with van der Waals surface area (Å²) in [6, 6.07) is 12.4. The van der Waals surface area contributed by atoms with E-state index in [1.54, 1.807) is 0 Å². The van der Waals surface area contributed by atoms with Crippen molar-refractivity contribution < 1.29 is 0 Å². The molecule has 7 nitrogen and oxygen atoms in total. The summed E-state index contributed by atoms with van der Waals surface area (Å²) in [6.45, 7) is 12.7. The van der Waals surface area contributed by atoms with Crippen LogP contribution in [-0.2, 0) is 0 Å². The highest BCUT2D eigenvalue weighted by Gasteiger charge is 2.28. The Balaban J connectivity index is 1.67. The molecule has 0 bridgehead atoms. The summed E-state index contributed by atoms with van der Waals surface area (Å²) < 4.78 is 1.82. The van der Waals surface area contributed by atoms with E-state index in [2.05, 4.69) is 67.1 Å². The average molecular weight is 458 g/mol. The molecule has 2 aromatic heterocycles. The maximum Gasteiger partial charge on any atom is 0.205 e. The smallest absolute Gasteiger partial charge is 0.205 e. The maximum absolute atomic E-state index is 4.98. The molecule has 0 aliphatic carbocycles. The lowest BCUT2D eigenvalue weighted by atomic mass is 10.1. The molecule has 0 N–H and O–H groups in total. The molecule has 0 unspecified atom stereocenters. The van der Waals surface area contributed by atoms with Gasteiger partial charge in [0, 0.05) is 18.7 Å². The summed E-state index contributed by atoms with van der Waals surface area (Å²) >= 11 is 0. The zero-order valence-corrected chi connectivity index (χ0v) is 21.0. The van der Waals surface area contributed by atoms with Crippen molar-refractivity contribution in [2.24, 2.45) is 10.1 Å². The van der Waals surface area contributed by atoms with Crippen LogP contribution in [-0.4, -0.2) is 44.4 Å². The van der Waals surface area contributed by atoms with E-state index in [1.807, 2.05) is 23.7 Å². The van der Waals surface area contributed by atoms with Crippen LogP contribution in [0.5, 0.6) is 0 Å². The van der Waals surface area contributed by atoms with Crippen LogP contribution in [0.2, 0.25) is 0 Å². The minimum atomic E-state index is 0.685. The maximum atomic E-state index is 4.98. The van der Waals surface area contributed by atoms with E-state index < -0.39 is 0 Å². The first kappa shape index (κ1) is 23.8. The van der Waals surface area contributed by atoms with Gasteiger partial charge in [0.1, 0.15) is 11.5 Å². The minimum Gasteiger partial charge on any atom is -0.357 e. The minimum absolute atomic E-state index is 0.685. The molecule has 4 rings (SSSR count). The monoisotopic (exact) mass is 457 g/mol. The Morgan fingerprint density at radius 1 is 0.912 bits per heavy atom. The molecule has 0 spiro atoms. The number of aryl methyl sites for hydroxylation is 2. The molecule has 0 atom stereocenters. The van der Waals surface area contributed by atoms with Crippen molar-refractivity contribution in [3.05, 3.63) is 53.5 Å². The second-order valence-corrected chi connectivity index (χ2v) is 8.86. The van der Waals surface area contributed by atoms with Gasteiger partial charge in [0.2, 0.25) is 5.82 Å². The number of hydrogen-bond donors (Lipinski definition) is 0. The number of hydrogen-bond acceptors (Lipinski definition) is 6. The van der Waals surface area contributed by atoms with Crippen molar-refractivity contribution in [3.8, 4) is 11.4 Å². The highest BCUT2D eigenvalue weighted by Crippen LogP contribution is 2.27. The predicted molar refractivity (Wildman–Crippen MR) is 141 cm³/mol. The van der Waals surface area contributed by atoms with Crippen LogP contribution >= 0.6 is 0 Å². The summed E-state index contributed by atoms with van der Waals surface area (Å²) in [6.07, 6.45) is 5.46. The predicted octanol–water partition coefficient (Wildman–Crippen LogP) is 6.11. The van der Waals surface area contributed by atoms with Gasteiger partial charge < -0.3 is 4.90 Å². The van der Waals surface area contributed by atoms with E-state index in [1.165, 1.54) is 31.2 Å². The Kier molecular flexibility index (Phi) is 7.50. The number of pyridine rings is 1. The summed E-state index contributed by atoms with van der Waals surface area (Å²) in [5.41, 5.74) is 5.63. The zero-order chi connectivity index (χ0) is 24.1. The SMILES string of the molecule is CCCCN(CCCC)c1ccc(N=C2C(CC)=Nn3c2nnc3-c2cccc(C)c2)c(C)n1. The molecule has 0 saturated heterocycles. The van der Waals surface area contributed by atoms with E-state index in [0.29, 0.717) is 5.82 Å². The third kappa shape index (κ3) is 4.93. The molecule has 0 saturated carbocycles. The van der Waals surface area contributed by atoms with Gasteiger partial charge in [-0.05, 0) is 51.3 Å². The van der Waals surface area contributed by atoms with Gasteiger partial charge in [0.05, 0.1) is 17.1 Å². The molecule has 0 radical (unpaired) electrons. The van der Waals surface area contributed by atoms with Crippen LogP contribution in [0.25, 0.3) is 11.4 Å². The Labute approximate surface area is 202 Å². The zero-order valence-electron chi connectivity index (χ0n) is 21.0. The lowest BCUT2D eigenvalue weighted by Gasteiger charge is -2.24. The van der Waals surface area contributed by atoms with Crippen molar-refractivity contribution in [2.75, 3.05) is 18.0 Å². The quantitative estimate of drug-likeness (QED) is 0.368. The van der Waals surface area contributed by atoms with Gasteiger partial charge in [-0.3, -0.25) is 0 Å². The van der Waals surface area contributed by atoms with E-state index in [-0.39, 0.29) is 0 Å². The molecular weight excluding hydrogens is 422 g/mol. The fourth-order valence-corrected chi connectivity index (χ4v) is 4.13. The fourth-order valence-electron chi connectivity index (χ4n) is 4.13. The second-order valence-electron chi connectivity index (χ2n) is 8.86. The Hall–Kier alpha value is -3.35. The van der Waals surface area contributed by atoms with Crippen LogP contribution < -0.4 is 4.90 Å². The van der Waals surface area contributed by atoms with Gasteiger partial charge in [-0.2, -0.15) is 9.78 Å². The van der Waals surface area contributed by atoms with E-state index in [4.69, 9.17) is 15.1 Å². The Morgan fingerprint density at radius 3 is 2.29 bits per heavy atom. The molecule has 1 aliphatic rings. The Morgan fingerprint density at radius 2 is 1.65 bits per heavy atom. The molecule has 0 amide bonds. The van der Waals surface area contributed by atoms with Crippen LogP contribution in [0.15, 0.2) is 46.5 Å². The topological polar surface area (TPSA) is 71.6 Å². The van der Waals surface area contributed by atoms with E-state index in [9.17, 15) is 0 Å². The number of unbranched alkanes of at least 4 members (excludes halogenated alkanes) is 2. The number of benzene rings is 1.